The molecule has 0 aromatic carbocycles. The van der Waals surface area contributed by atoms with Gasteiger partial charge in [-0.2, -0.15) is 5.10 Å². The summed E-state index contributed by atoms with van der Waals surface area (Å²) in [7, 11) is 2.84. The summed E-state index contributed by atoms with van der Waals surface area (Å²) in [6, 6.07) is 0. The van der Waals surface area contributed by atoms with Crippen molar-refractivity contribution in [2.75, 3.05) is 7.11 Å². The lowest BCUT2D eigenvalue weighted by Crippen LogP contribution is -2.03. The second-order valence-corrected chi connectivity index (χ2v) is 2.03. The molecule has 0 saturated heterocycles. The number of methoxy groups -OCH3 is 1. The predicted octanol–water partition coefficient (Wildman–Crippen LogP) is -0.0877. The lowest BCUT2D eigenvalue weighted by molar-refractivity contribution is 0.0590. The molecule has 0 aliphatic carbocycles. The average Bonchev–Trinajstić information content (AvgIpc) is 2.28. The Kier molecular flexibility index (Phi) is 1.80. The molecule has 1 heterocycles. The van der Waals surface area contributed by atoms with Crippen molar-refractivity contribution < 1.29 is 14.6 Å². The van der Waals surface area contributed by atoms with Gasteiger partial charge in [0.25, 0.3) is 0 Å². The first-order valence-electron chi connectivity index (χ1n) is 2.96. The highest BCUT2D eigenvalue weighted by Crippen LogP contribution is 2.13. The first-order chi connectivity index (χ1) is 5.15. The lowest BCUT2D eigenvalue weighted by Gasteiger charge is -1.92. The van der Waals surface area contributed by atoms with Gasteiger partial charge in [-0.05, 0) is 0 Å². The predicted molar refractivity (Wildman–Crippen MR) is 36.2 cm³/mol. The molecule has 0 radical (unpaired) electrons. The summed E-state index contributed by atoms with van der Waals surface area (Å²) in [6.07, 6.45) is 1.33. The Labute approximate surface area is 63.2 Å². The normalized spacial score (nSPS) is 9.64. The van der Waals surface area contributed by atoms with Crippen LogP contribution in [0.1, 0.15) is 10.5 Å². The molecule has 1 aromatic heterocycles. The first-order valence-corrected chi connectivity index (χ1v) is 2.96. The quantitative estimate of drug-likeness (QED) is 0.577. The molecule has 5 heteroatoms. The second-order valence-electron chi connectivity index (χ2n) is 2.03. The van der Waals surface area contributed by atoms with Gasteiger partial charge in [0, 0.05) is 7.05 Å². The van der Waals surface area contributed by atoms with Crippen molar-refractivity contribution in [1.82, 2.24) is 9.78 Å². The van der Waals surface area contributed by atoms with Gasteiger partial charge in [0.05, 0.1) is 13.3 Å². The molecule has 0 spiro atoms. The van der Waals surface area contributed by atoms with Gasteiger partial charge < -0.3 is 9.84 Å². The summed E-state index contributed by atoms with van der Waals surface area (Å²) in [5, 5.41) is 12.7. The summed E-state index contributed by atoms with van der Waals surface area (Å²) < 4.78 is 5.69. The summed E-state index contributed by atoms with van der Waals surface area (Å²) >= 11 is 0. The monoisotopic (exact) mass is 156 g/mol. The van der Waals surface area contributed by atoms with E-state index < -0.39 is 5.97 Å². The summed E-state index contributed by atoms with van der Waals surface area (Å²) in [4.78, 5) is 10.8. The Balaban J connectivity index is 3.03. The molecule has 5 nitrogen and oxygen atoms in total. The highest BCUT2D eigenvalue weighted by Gasteiger charge is 2.14. The van der Waals surface area contributed by atoms with E-state index in [-0.39, 0.29) is 11.4 Å². The minimum atomic E-state index is -0.636. The van der Waals surface area contributed by atoms with Gasteiger partial charge in [-0.25, -0.2) is 4.79 Å². The maximum absolute atomic E-state index is 10.8. The molecule has 1 rings (SSSR count). The second kappa shape index (κ2) is 2.61. The largest absolute Gasteiger partial charge is 0.504 e. The minimum Gasteiger partial charge on any atom is -0.504 e. The zero-order chi connectivity index (χ0) is 8.43. The van der Waals surface area contributed by atoms with Crippen LogP contribution >= 0.6 is 0 Å². The van der Waals surface area contributed by atoms with Crippen LogP contribution < -0.4 is 0 Å². The summed E-state index contributed by atoms with van der Waals surface area (Å²) in [5.41, 5.74) is -0.0602. The molecule has 0 atom stereocenters. The van der Waals surface area contributed by atoms with Gasteiger partial charge in [-0.3, -0.25) is 4.68 Å². The SMILES string of the molecule is COC(=O)c1nn(C)cc1O. The summed E-state index contributed by atoms with van der Waals surface area (Å²) in [5.74, 6) is -0.803. The van der Waals surface area contributed by atoms with Crippen LogP contribution in [0, 0.1) is 0 Å². The van der Waals surface area contributed by atoms with Crippen molar-refractivity contribution in [3.05, 3.63) is 11.9 Å². The van der Waals surface area contributed by atoms with Crippen LogP contribution in [0.5, 0.6) is 5.75 Å². The van der Waals surface area contributed by atoms with Crippen molar-refractivity contribution in [3.63, 3.8) is 0 Å². The number of rotatable bonds is 1. The van der Waals surface area contributed by atoms with Crippen LogP contribution in [0.25, 0.3) is 0 Å². The number of hydrogen-bond donors (Lipinski definition) is 1. The van der Waals surface area contributed by atoms with E-state index in [4.69, 9.17) is 5.11 Å². The van der Waals surface area contributed by atoms with Crippen LogP contribution in [-0.4, -0.2) is 28.0 Å². The van der Waals surface area contributed by atoms with Gasteiger partial charge in [0.15, 0.2) is 5.75 Å². The lowest BCUT2D eigenvalue weighted by atomic mass is 10.4. The Hall–Kier alpha value is -1.52. The number of aromatic hydroxyl groups is 1. The molecule has 0 saturated carbocycles. The van der Waals surface area contributed by atoms with E-state index in [9.17, 15) is 4.79 Å². The number of esters is 1. The number of aryl methyl sites for hydroxylation is 1. The van der Waals surface area contributed by atoms with Gasteiger partial charge in [-0.1, -0.05) is 0 Å². The third-order valence-electron chi connectivity index (χ3n) is 1.19. The molecule has 1 aromatic rings. The highest BCUT2D eigenvalue weighted by atomic mass is 16.5. The van der Waals surface area contributed by atoms with Crippen LogP contribution in [0.15, 0.2) is 6.20 Å². The molecule has 0 aliphatic heterocycles. The molecule has 0 bridgehead atoms. The van der Waals surface area contributed by atoms with E-state index in [2.05, 4.69) is 9.84 Å². The Morgan fingerprint density at radius 3 is 2.82 bits per heavy atom. The molecule has 0 amide bonds. The van der Waals surface area contributed by atoms with Crippen molar-refractivity contribution >= 4 is 5.97 Å². The molecule has 11 heavy (non-hydrogen) atoms. The average molecular weight is 156 g/mol. The molecular weight excluding hydrogens is 148 g/mol. The Bertz CT molecular complexity index is 279. The topological polar surface area (TPSA) is 64.3 Å². The van der Waals surface area contributed by atoms with Crippen molar-refractivity contribution in [2.24, 2.45) is 7.05 Å². The van der Waals surface area contributed by atoms with Crippen LogP contribution in [0.4, 0.5) is 0 Å². The number of hydrogen-bond acceptors (Lipinski definition) is 4. The van der Waals surface area contributed by atoms with E-state index in [0.717, 1.165) is 0 Å². The fourth-order valence-corrected chi connectivity index (χ4v) is 0.718. The van der Waals surface area contributed by atoms with E-state index in [1.54, 1.807) is 7.05 Å². The molecule has 0 fully saturated rings. The molecule has 0 unspecified atom stereocenters. The molecule has 60 valence electrons. The number of aromatic nitrogens is 2. The maximum Gasteiger partial charge on any atom is 0.362 e. The van der Waals surface area contributed by atoms with Crippen LogP contribution in [0.3, 0.4) is 0 Å². The van der Waals surface area contributed by atoms with E-state index in [0.29, 0.717) is 0 Å². The van der Waals surface area contributed by atoms with Crippen LogP contribution in [0.2, 0.25) is 0 Å². The summed E-state index contributed by atoms with van der Waals surface area (Å²) in [6.45, 7) is 0. The van der Waals surface area contributed by atoms with Crippen molar-refractivity contribution in [3.8, 4) is 5.75 Å². The molecule has 0 aliphatic rings. The minimum absolute atomic E-state index is 0.0602. The van der Waals surface area contributed by atoms with Gasteiger partial charge >= 0.3 is 5.97 Å². The number of ether oxygens (including phenoxy) is 1. The van der Waals surface area contributed by atoms with Gasteiger partial charge in [0.1, 0.15) is 0 Å². The fraction of sp³-hybridized carbons (Fsp3) is 0.333. The molecule has 1 N–H and O–H groups in total. The Morgan fingerprint density at radius 1 is 1.82 bits per heavy atom. The number of nitrogens with zero attached hydrogens (tertiary/aromatic N) is 2. The fourth-order valence-electron chi connectivity index (χ4n) is 0.718. The van der Waals surface area contributed by atoms with Crippen LogP contribution in [-0.2, 0) is 11.8 Å². The smallest absolute Gasteiger partial charge is 0.362 e. The number of carbonyl (C=O) groups excluding carboxylic acids is 1. The zero-order valence-corrected chi connectivity index (χ0v) is 6.24. The zero-order valence-electron chi connectivity index (χ0n) is 6.24. The van der Waals surface area contributed by atoms with Crippen molar-refractivity contribution in [1.29, 1.82) is 0 Å². The number of carbonyl (C=O) groups is 1. The standard InChI is InChI=1S/C6H8N2O3/c1-8-3-4(9)5(7-8)6(10)11-2/h3,9H,1-2H3. The highest BCUT2D eigenvalue weighted by molar-refractivity contribution is 5.89. The van der Waals surface area contributed by atoms with E-state index in [1.807, 2.05) is 0 Å². The van der Waals surface area contributed by atoms with Crippen molar-refractivity contribution in [2.45, 2.75) is 0 Å². The third kappa shape index (κ3) is 1.31. The first kappa shape index (κ1) is 7.59. The third-order valence-corrected chi connectivity index (χ3v) is 1.19. The maximum atomic E-state index is 10.8. The molecular formula is C6H8N2O3. The van der Waals surface area contributed by atoms with E-state index in [1.165, 1.54) is 18.0 Å². The van der Waals surface area contributed by atoms with Gasteiger partial charge in [0.2, 0.25) is 5.69 Å². The Morgan fingerprint density at radius 2 is 2.45 bits per heavy atom. The van der Waals surface area contributed by atoms with E-state index >= 15 is 0 Å². The van der Waals surface area contributed by atoms with Gasteiger partial charge in [-0.15, -0.1) is 0 Å².